The monoisotopic (exact) mass is 382 g/mol. The first kappa shape index (κ1) is 17.7. The summed E-state index contributed by atoms with van der Waals surface area (Å²) in [5.74, 6) is 0.0775. The second-order valence-corrected chi connectivity index (χ2v) is 7.57. The highest BCUT2D eigenvalue weighted by Gasteiger charge is 2.22. The van der Waals surface area contributed by atoms with E-state index in [1.54, 1.807) is 0 Å². The summed E-state index contributed by atoms with van der Waals surface area (Å²) in [6.45, 7) is 3.50. The van der Waals surface area contributed by atoms with Crippen LogP contribution in [0.15, 0.2) is 35.8 Å². The number of likely N-dealkylation sites (tertiary alicyclic amines) is 1. The minimum Gasteiger partial charge on any atom is -0.337 e. The minimum atomic E-state index is -0.00822. The lowest BCUT2D eigenvalue weighted by Crippen LogP contribution is -2.36. The van der Waals surface area contributed by atoms with Crippen molar-refractivity contribution < 1.29 is 9.59 Å². The number of aromatic nitrogens is 2. The van der Waals surface area contributed by atoms with Crippen LogP contribution in [0.1, 0.15) is 43.1 Å². The minimum absolute atomic E-state index is 0.00822. The SMILES string of the molecule is CCC(=O)Nc1ccc(-c2cn3c(C(=O)N4CCCCC4)csc3n2)cc1. The van der Waals surface area contributed by atoms with E-state index in [9.17, 15) is 9.59 Å². The number of nitrogens with one attached hydrogen (secondary N) is 1. The summed E-state index contributed by atoms with van der Waals surface area (Å²) in [7, 11) is 0. The van der Waals surface area contributed by atoms with Crippen LogP contribution >= 0.6 is 11.3 Å². The van der Waals surface area contributed by atoms with Gasteiger partial charge in [-0.15, -0.1) is 11.3 Å². The lowest BCUT2D eigenvalue weighted by molar-refractivity contribution is -0.115. The summed E-state index contributed by atoms with van der Waals surface area (Å²) in [5, 5.41) is 4.73. The maximum atomic E-state index is 12.8. The molecule has 0 radical (unpaired) electrons. The highest BCUT2D eigenvalue weighted by molar-refractivity contribution is 7.15. The number of thiazole rings is 1. The number of imidazole rings is 1. The van der Waals surface area contributed by atoms with Gasteiger partial charge in [0, 0.05) is 42.3 Å². The molecule has 2 aromatic heterocycles. The van der Waals surface area contributed by atoms with Crippen molar-refractivity contribution in [1.82, 2.24) is 14.3 Å². The number of hydrogen-bond acceptors (Lipinski definition) is 4. The lowest BCUT2D eigenvalue weighted by atomic mass is 10.1. The van der Waals surface area contributed by atoms with Gasteiger partial charge < -0.3 is 10.2 Å². The van der Waals surface area contributed by atoms with E-state index < -0.39 is 0 Å². The summed E-state index contributed by atoms with van der Waals surface area (Å²) < 4.78 is 1.89. The molecular formula is C20H22N4O2S. The molecule has 0 bridgehead atoms. The molecule has 1 aromatic carbocycles. The van der Waals surface area contributed by atoms with Gasteiger partial charge in [0.15, 0.2) is 4.96 Å². The third-order valence-corrected chi connectivity index (χ3v) is 5.70. The second-order valence-electron chi connectivity index (χ2n) is 6.73. The fourth-order valence-electron chi connectivity index (χ4n) is 3.31. The molecule has 3 heterocycles. The molecule has 7 heteroatoms. The van der Waals surface area contributed by atoms with Crippen LogP contribution < -0.4 is 5.32 Å². The Kier molecular flexibility index (Phi) is 4.94. The van der Waals surface area contributed by atoms with Crippen LogP contribution in [-0.4, -0.2) is 39.2 Å². The van der Waals surface area contributed by atoms with Gasteiger partial charge in [0.05, 0.1) is 5.69 Å². The summed E-state index contributed by atoms with van der Waals surface area (Å²) in [4.78, 5) is 31.7. The Balaban J connectivity index is 1.58. The van der Waals surface area contributed by atoms with Gasteiger partial charge in [0.2, 0.25) is 5.91 Å². The number of rotatable bonds is 4. The van der Waals surface area contributed by atoms with Gasteiger partial charge in [0.25, 0.3) is 5.91 Å². The zero-order valence-corrected chi connectivity index (χ0v) is 16.1. The van der Waals surface area contributed by atoms with Crippen molar-refractivity contribution >= 4 is 33.8 Å². The molecule has 1 aliphatic rings. The maximum Gasteiger partial charge on any atom is 0.271 e. The average Bonchev–Trinajstić information content (AvgIpc) is 3.29. The Morgan fingerprint density at radius 1 is 1.15 bits per heavy atom. The van der Waals surface area contributed by atoms with E-state index in [0.717, 1.165) is 47.8 Å². The number of carbonyl (C=O) groups is 2. The fraction of sp³-hybridized carbons (Fsp3) is 0.350. The highest BCUT2D eigenvalue weighted by atomic mass is 32.1. The van der Waals surface area contributed by atoms with Crippen molar-refractivity contribution in [2.75, 3.05) is 18.4 Å². The molecule has 0 saturated carbocycles. The van der Waals surface area contributed by atoms with E-state index in [1.165, 1.54) is 17.8 Å². The van der Waals surface area contributed by atoms with Crippen molar-refractivity contribution in [3.05, 3.63) is 41.5 Å². The molecule has 1 N–H and O–H groups in total. The van der Waals surface area contributed by atoms with Crippen LogP contribution in [0.3, 0.4) is 0 Å². The van der Waals surface area contributed by atoms with Crippen molar-refractivity contribution in [3.63, 3.8) is 0 Å². The molecule has 27 heavy (non-hydrogen) atoms. The summed E-state index contributed by atoms with van der Waals surface area (Å²) in [5.41, 5.74) is 3.23. The molecule has 1 fully saturated rings. The van der Waals surface area contributed by atoms with Gasteiger partial charge in [-0.25, -0.2) is 4.98 Å². The van der Waals surface area contributed by atoms with Crippen LogP contribution in [0.25, 0.3) is 16.2 Å². The Hall–Kier alpha value is -2.67. The molecule has 140 valence electrons. The van der Waals surface area contributed by atoms with Crippen LogP contribution in [0.2, 0.25) is 0 Å². The largest absolute Gasteiger partial charge is 0.337 e. The molecule has 6 nitrogen and oxygen atoms in total. The Morgan fingerprint density at radius 3 is 2.59 bits per heavy atom. The molecule has 0 spiro atoms. The van der Waals surface area contributed by atoms with Gasteiger partial charge in [-0.1, -0.05) is 19.1 Å². The van der Waals surface area contributed by atoms with E-state index in [0.29, 0.717) is 12.1 Å². The molecular weight excluding hydrogens is 360 g/mol. The molecule has 2 amide bonds. The first-order chi connectivity index (χ1) is 13.2. The number of amides is 2. The summed E-state index contributed by atoms with van der Waals surface area (Å²) in [6.07, 6.45) is 5.73. The van der Waals surface area contributed by atoms with Crippen molar-refractivity contribution in [2.45, 2.75) is 32.6 Å². The summed E-state index contributed by atoms with van der Waals surface area (Å²) >= 11 is 1.48. The van der Waals surface area contributed by atoms with Crippen LogP contribution in [0.5, 0.6) is 0 Å². The number of nitrogens with zero attached hydrogens (tertiary/aromatic N) is 3. The second kappa shape index (κ2) is 7.52. The zero-order chi connectivity index (χ0) is 18.8. The average molecular weight is 382 g/mol. The van der Waals surface area contributed by atoms with Crippen LogP contribution in [0, 0.1) is 0 Å². The number of benzene rings is 1. The van der Waals surface area contributed by atoms with E-state index in [1.807, 2.05) is 52.1 Å². The molecule has 0 unspecified atom stereocenters. The van der Waals surface area contributed by atoms with Gasteiger partial charge in [-0.2, -0.15) is 0 Å². The number of hydrogen-bond donors (Lipinski definition) is 1. The third kappa shape index (κ3) is 3.60. The maximum absolute atomic E-state index is 12.8. The van der Waals surface area contributed by atoms with Crippen molar-refractivity contribution in [1.29, 1.82) is 0 Å². The lowest BCUT2D eigenvalue weighted by Gasteiger charge is -2.26. The normalized spacial score (nSPS) is 14.5. The first-order valence-electron chi connectivity index (χ1n) is 9.32. The molecule has 0 aliphatic carbocycles. The van der Waals surface area contributed by atoms with Crippen LogP contribution in [-0.2, 0) is 4.79 Å². The summed E-state index contributed by atoms with van der Waals surface area (Å²) in [6, 6.07) is 7.61. The highest BCUT2D eigenvalue weighted by Crippen LogP contribution is 2.26. The van der Waals surface area contributed by atoms with Gasteiger partial charge in [0.1, 0.15) is 5.69 Å². The quantitative estimate of drug-likeness (QED) is 0.741. The number of piperidine rings is 1. The predicted octanol–water partition coefficient (Wildman–Crippen LogP) is 4.04. The van der Waals surface area contributed by atoms with Gasteiger partial charge >= 0.3 is 0 Å². The standard InChI is InChI=1S/C20H22N4O2S/c1-2-18(25)21-15-8-6-14(7-9-15)16-12-24-17(13-27-20(24)22-16)19(26)23-10-4-3-5-11-23/h6-9,12-13H,2-5,10-11H2,1H3,(H,21,25). The van der Waals surface area contributed by atoms with Crippen LogP contribution in [0.4, 0.5) is 5.69 Å². The van der Waals surface area contributed by atoms with Gasteiger partial charge in [-0.05, 0) is 31.4 Å². The van der Waals surface area contributed by atoms with Crippen molar-refractivity contribution in [2.24, 2.45) is 0 Å². The van der Waals surface area contributed by atoms with E-state index in [-0.39, 0.29) is 11.8 Å². The zero-order valence-electron chi connectivity index (χ0n) is 15.3. The van der Waals surface area contributed by atoms with E-state index in [4.69, 9.17) is 0 Å². The molecule has 3 aromatic rings. The number of anilines is 1. The number of carbonyl (C=O) groups excluding carboxylic acids is 2. The predicted molar refractivity (Wildman–Crippen MR) is 107 cm³/mol. The Labute approximate surface area is 161 Å². The van der Waals surface area contributed by atoms with E-state index in [2.05, 4.69) is 10.3 Å². The third-order valence-electron chi connectivity index (χ3n) is 4.86. The molecule has 0 atom stereocenters. The van der Waals surface area contributed by atoms with Crippen molar-refractivity contribution in [3.8, 4) is 11.3 Å². The molecule has 1 saturated heterocycles. The topological polar surface area (TPSA) is 66.7 Å². The number of fused-ring (bicyclic) bond motifs is 1. The Bertz CT molecular complexity index is 968. The van der Waals surface area contributed by atoms with E-state index >= 15 is 0 Å². The molecule has 4 rings (SSSR count). The Morgan fingerprint density at radius 2 is 1.89 bits per heavy atom. The first-order valence-corrected chi connectivity index (χ1v) is 10.2. The molecule has 1 aliphatic heterocycles. The fourth-order valence-corrected chi connectivity index (χ4v) is 4.16. The smallest absolute Gasteiger partial charge is 0.271 e. The van der Waals surface area contributed by atoms with Gasteiger partial charge in [-0.3, -0.25) is 14.0 Å².